The fourth-order valence-electron chi connectivity index (χ4n) is 3.29. The normalized spacial score (nSPS) is 29.2. The summed E-state index contributed by atoms with van der Waals surface area (Å²) in [5, 5.41) is 9.68. The van der Waals surface area contributed by atoms with E-state index in [4.69, 9.17) is 9.47 Å². The van der Waals surface area contributed by atoms with Crippen LogP contribution in [0.4, 0.5) is 0 Å². The maximum Gasteiger partial charge on any atom is 0.312 e. The molecule has 0 amide bonds. The van der Waals surface area contributed by atoms with E-state index in [1.165, 1.54) is 0 Å². The van der Waals surface area contributed by atoms with Crippen molar-refractivity contribution in [3.63, 3.8) is 0 Å². The van der Waals surface area contributed by atoms with E-state index in [-0.39, 0.29) is 11.5 Å². The lowest BCUT2D eigenvalue weighted by Gasteiger charge is -2.43. The van der Waals surface area contributed by atoms with Crippen LogP contribution in [0.1, 0.15) is 39.5 Å². The molecule has 1 fully saturated rings. The van der Waals surface area contributed by atoms with Crippen LogP contribution in [0.15, 0.2) is 0 Å². The molecule has 100 valence electrons. The Labute approximate surface area is 103 Å². The molecule has 0 aliphatic heterocycles. The lowest BCUT2D eigenvalue weighted by atomic mass is 9.64. The molecule has 1 rings (SSSR count). The van der Waals surface area contributed by atoms with Gasteiger partial charge in [0, 0.05) is 20.8 Å². The summed E-state index contributed by atoms with van der Waals surface area (Å²) in [6, 6.07) is 0. The molecular formula is C13H24O4. The molecule has 0 aromatic heterocycles. The monoisotopic (exact) mass is 244 g/mol. The van der Waals surface area contributed by atoms with Gasteiger partial charge in [0.1, 0.15) is 0 Å². The van der Waals surface area contributed by atoms with Gasteiger partial charge in [0.2, 0.25) is 0 Å². The van der Waals surface area contributed by atoms with Crippen LogP contribution in [0.25, 0.3) is 0 Å². The quantitative estimate of drug-likeness (QED) is 0.779. The molecule has 1 aliphatic rings. The first kappa shape index (κ1) is 14.5. The average molecular weight is 244 g/mol. The van der Waals surface area contributed by atoms with Crippen LogP contribution in [-0.4, -0.2) is 38.0 Å². The third kappa shape index (κ3) is 2.33. The van der Waals surface area contributed by atoms with Crippen molar-refractivity contribution >= 4 is 5.97 Å². The molecule has 2 atom stereocenters. The van der Waals surface area contributed by atoms with Crippen LogP contribution in [-0.2, 0) is 14.3 Å². The second-order valence-electron chi connectivity index (χ2n) is 5.52. The predicted octanol–water partition coefficient (Wildman–Crippen LogP) is 2.32. The average Bonchev–Trinajstić information content (AvgIpc) is 2.56. The highest BCUT2D eigenvalue weighted by atomic mass is 16.5. The summed E-state index contributed by atoms with van der Waals surface area (Å²) in [5.74, 6) is -0.733. The largest absolute Gasteiger partial charge is 0.481 e. The van der Waals surface area contributed by atoms with Crippen molar-refractivity contribution in [2.75, 3.05) is 20.8 Å². The van der Waals surface area contributed by atoms with Gasteiger partial charge in [-0.3, -0.25) is 4.79 Å². The summed E-state index contributed by atoms with van der Waals surface area (Å²) in [6.07, 6.45) is 2.93. The van der Waals surface area contributed by atoms with Crippen LogP contribution >= 0.6 is 0 Å². The minimum atomic E-state index is -0.777. The number of rotatable bonds is 6. The molecule has 0 saturated heterocycles. The molecule has 4 nitrogen and oxygen atoms in total. The fourth-order valence-corrected chi connectivity index (χ4v) is 3.29. The minimum Gasteiger partial charge on any atom is -0.481 e. The van der Waals surface area contributed by atoms with Crippen LogP contribution in [0, 0.1) is 10.8 Å². The Balaban J connectivity index is 3.01. The summed E-state index contributed by atoms with van der Waals surface area (Å²) in [6.45, 7) is 4.60. The molecule has 0 spiro atoms. The number of carbonyl (C=O) groups is 1. The minimum absolute atomic E-state index is 0.229. The van der Waals surface area contributed by atoms with E-state index in [0.717, 1.165) is 12.8 Å². The molecule has 1 aliphatic carbocycles. The second kappa shape index (κ2) is 5.36. The first-order valence-corrected chi connectivity index (χ1v) is 6.17. The summed E-state index contributed by atoms with van der Waals surface area (Å²) in [5.41, 5.74) is -1.01. The first-order chi connectivity index (χ1) is 7.92. The van der Waals surface area contributed by atoms with Gasteiger partial charge in [0.15, 0.2) is 0 Å². The SMILES string of the molecule is COCCC(OC)C1(C(=O)O)CCCC1(C)C. The van der Waals surface area contributed by atoms with Crippen molar-refractivity contribution in [2.45, 2.75) is 45.6 Å². The molecule has 17 heavy (non-hydrogen) atoms. The number of ether oxygens (including phenoxy) is 2. The zero-order valence-corrected chi connectivity index (χ0v) is 11.3. The van der Waals surface area contributed by atoms with Crippen LogP contribution in [0.3, 0.4) is 0 Å². The van der Waals surface area contributed by atoms with Gasteiger partial charge in [-0.15, -0.1) is 0 Å². The lowest BCUT2D eigenvalue weighted by Crippen LogP contribution is -2.50. The van der Waals surface area contributed by atoms with Crippen molar-refractivity contribution in [3.8, 4) is 0 Å². The zero-order valence-electron chi connectivity index (χ0n) is 11.3. The highest BCUT2D eigenvalue weighted by molar-refractivity contribution is 5.77. The van der Waals surface area contributed by atoms with Crippen molar-refractivity contribution in [3.05, 3.63) is 0 Å². The van der Waals surface area contributed by atoms with Gasteiger partial charge in [0.25, 0.3) is 0 Å². The van der Waals surface area contributed by atoms with Crippen molar-refractivity contribution in [1.82, 2.24) is 0 Å². The summed E-state index contributed by atoms with van der Waals surface area (Å²) in [4.78, 5) is 11.8. The summed E-state index contributed by atoms with van der Waals surface area (Å²) >= 11 is 0. The van der Waals surface area contributed by atoms with Crippen LogP contribution < -0.4 is 0 Å². The number of hydrogen-bond donors (Lipinski definition) is 1. The van der Waals surface area contributed by atoms with E-state index in [2.05, 4.69) is 0 Å². The van der Waals surface area contributed by atoms with Gasteiger partial charge in [-0.05, 0) is 24.7 Å². The van der Waals surface area contributed by atoms with Gasteiger partial charge in [-0.2, -0.15) is 0 Å². The maximum atomic E-state index is 11.8. The lowest BCUT2D eigenvalue weighted by molar-refractivity contribution is -0.170. The molecule has 0 radical (unpaired) electrons. The Bertz CT molecular complexity index is 275. The molecule has 0 heterocycles. The zero-order chi connectivity index (χ0) is 13.1. The Morgan fingerprint density at radius 1 is 1.35 bits per heavy atom. The van der Waals surface area contributed by atoms with Gasteiger partial charge in [0.05, 0.1) is 11.5 Å². The van der Waals surface area contributed by atoms with E-state index in [0.29, 0.717) is 19.4 Å². The summed E-state index contributed by atoms with van der Waals surface area (Å²) < 4.78 is 10.5. The van der Waals surface area contributed by atoms with Gasteiger partial charge in [-0.1, -0.05) is 20.3 Å². The molecule has 4 heteroatoms. The highest BCUT2D eigenvalue weighted by Crippen LogP contribution is 2.56. The number of hydrogen-bond acceptors (Lipinski definition) is 3. The predicted molar refractivity (Wildman–Crippen MR) is 65.0 cm³/mol. The second-order valence-corrected chi connectivity index (χ2v) is 5.52. The molecular weight excluding hydrogens is 220 g/mol. The Morgan fingerprint density at radius 2 is 2.00 bits per heavy atom. The fraction of sp³-hybridized carbons (Fsp3) is 0.923. The smallest absolute Gasteiger partial charge is 0.312 e. The van der Waals surface area contributed by atoms with Gasteiger partial charge in [-0.25, -0.2) is 0 Å². The van der Waals surface area contributed by atoms with Crippen molar-refractivity contribution in [2.24, 2.45) is 10.8 Å². The van der Waals surface area contributed by atoms with E-state index >= 15 is 0 Å². The van der Waals surface area contributed by atoms with Crippen molar-refractivity contribution in [1.29, 1.82) is 0 Å². The highest BCUT2D eigenvalue weighted by Gasteiger charge is 2.59. The Hall–Kier alpha value is -0.610. The van der Waals surface area contributed by atoms with Crippen LogP contribution in [0.2, 0.25) is 0 Å². The van der Waals surface area contributed by atoms with E-state index in [1.807, 2.05) is 13.8 Å². The third-order valence-corrected chi connectivity index (χ3v) is 4.38. The van der Waals surface area contributed by atoms with Gasteiger partial charge >= 0.3 is 5.97 Å². The number of aliphatic carboxylic acids is 1. The van der Waals surface area contributed by atoms with Gasteiger partial charge < -0.3 is 14.6 Å². The molecule has 0 aromatic rings. The topological polar surface area (TPSA) is 55.8 Å². The Kier molecular flexibility index (Phi) is 4.55. The standard InChI is InChI=1S/C13H24O4/c1-12(2)7-5-8-13(12,11(14)15)10(17-4)6-9-16-3/h10H,5-9H2,1-4H3,(H,14,15). The molecule has 2 unspecified atom stereocenters. The number of methoxy groups -OCH3 is 2. The molecule has 0 bridgehead atoms. The third-order valence-electron chi connectivity index (χ3n) is 4.38. The first-order valence-electron chi connectivity index (χ1n) is 6.17. The molecule has 0 aromatic carbocycles. The Morgan fingerprint density at radius 3 is 2.35 bits per heavy atom. The van der Waals surface area contributed by atoms with E-state index < -0.39 is 11.4 Å². The van der Waals surface area contributed by atoms with Crippen molar-refractivity contribution < 1.29 is 19.4 Å². The van der Waals surface area contributed by atoms with E-state index in [9.17, 15) is 9.90 Å². The van der Waals surface area contributed by atoms with Crippen LogP contribution in [0.5, 0.6) is 0 Å². The van der Waals surface area contributed by atoms with E-state index in [1.54, 1.807) is 14.2 Å². The number of carboxylic acid groups (broad SMARTS) is 1. The molecule has 1 saturated carbocycles. The maximum absolute atomic E-state index is 11.8. The molecule has 1 N–H and O–H groups in total. The summed E-state index contributed by atoms with van der Waals surface area (Å²) in [7, 11) is 3.22. The number of carboxylic acids is 1.